The van der Waals surface area contributed by atoms with Gasteiger partial charge in [-0.2, -0.15) is 0 Å². The highest BCUT2D eigenvalue weighted by Crippen LogP contribution is 2.30. The van der Waals surface area contributed by atoms with E-state index < -0.39 is 17.1 Å². The molecule has 2 N–H and O–H groups in total. The number of hydrogen-bond acceptors (Lipinski definition) is 6. The van der Waals surface area contributed by atoms with E-state index in [0.717, 1.165) is 5.56 Å². The van der Waals surface area contributed by atoms with E-state index in [1.54, 1.807) is 30.0 Å². The number of likely N-dealkylation sites (tertiary alicyclic amines) is 1. The number of carbonyl (C=O) groups excluding carboxylic acids is 1. The van der Waals surface area contributed by atoms with Crippen LogP contribution in [0.2, 0.25) is 0 Å². The Morgan fingerprint density at radius 3 is 2.42 bits per heavy atom. The van der Waals surface area contributed by atoms with Gasteiger partial charge < -0.3 is 14.8 Å². The van der Waals surface area contributed by atoms with Crippen molar-refractivity contribution in [1.29, 1.82) is 0 Å². The number of amides is 1. The normalized spacial score (nSPS) is 14.0. The zero-order valence-corrected chi connectivity index (χ0v) is 20.5. The number of nitrogens with zero attached hydrogens (tertiary/aromatic N) is 3. The molecule has 2 aromatic heterocycles. The summed E-state index contributed by atoms with van der Waals surface area (Å²) in [6.07, 6.45) is 2.83. The SMILES string of the molecule is Cc1cc(F)ccc1Nc1cc(=O)n(Cc2noc(=O)[nH]2)cc1C(=O)N1CCC(c2ccc(F)cc2)CC1. The summed E-state index contributed by atoms with van der Waals surface area (Å²) in [6.45, 7) is 2.57. The van der Waals surface area contributed by atoms with E-state index in [0.29, 0.717) is 37.2 Å². The van der Waals surface area contributed by atoms with Gasteiger partial charge in [-0.3, -0.25) is 19.1 Å². The molecule has 0 saturated carbocycles. The molecule has 3 heterocycles. The van der Waals surface area contributed by atoms with Crippen LogP contribution in [0.15, 0.2) is 68.8 Å². The summed E-state index contributed by atoms with van der Waals surface area (Å²) < 4.78 is 32.7. The topological polar surface area (TPSA) is 113 Å². The standard InChI is InChI=1S/C27H25F2N5O4/c1-16-12-20(29)6-7-22(16)30-23-13-25(35)34(15-24-31-27(37)38-32-24)14-21(23)26(36)33-10-8-18(9-11-33)17-2-4-19(28)5-3-17/h2-7,12-14,18,30H,8-11,15H2,1H3,(H,31,32,37). The van der Waals surface area contributed by atoms with Crippen molar-refractivity contribution in [1.82, 2.24) is 19.6 Å². The third-order valence-electron chi connectivity index (χ3n) is 6.74. The number of halogens is 2. The molecule has 0 spiro atoms. The van der Waals surface area contributed by atoms with Crippen molar-refractivity contribution in [3.63, 3.8) is 0 Å². The number of aromatic amines is 1. The van der Waals surface area contributed by atoms with Gasteiger partial charge in [0.05, 0.1) is 17.8 Å². The molecule has 1 aliphatic heterocycles. The lowest BCUT2D eigenvalue weighted by Gasteiger charge is -2.33. The zero-order chi connectivity index (χ0) is 26.8. The summed E-state index contributed by atoms with van der Waals surface area (Å²) in [5.41, 5.74) is 2.26. The van der Waals surface area contributed by atoms with Crippen molar-refractivity contribution in [3.8, 4) is 0 Å². The van der Waals surface area contributed by atoms with Gasteiger partial charge >= 0.3 is 5.76 Å². The number of aromatic nitrogens is 3. The van der Waals surface area contributed by atoms with Crippen LogP contribution in [0.3, 0.4) is 0 Å². The fourth-order valence-corrected chi connectivity index (χ4v) is 4.69. The smallest absolute Gasteiger partial charge is 0.354 e. The third kappa shape index (κ3) is 5.41. The fraction of sp³-hybridized carbons (Fsp3) is 0.259. The van der Waals surface area contributed by atoms with E-state index in [-0.39, 0.29) is 41.3 Å². The van der Waals surface area contributed by atoms with Crippen LogP contribution in [0.5, 0.6) is 0 Å². The van der Waals surface area contributed by atoms with Crippen LogP contribution in [0.25, 0.3) is 0 Å². The molecule has 0 radical (unpaired) electrons. The lowest BCUT2D eigenvalue weighted by Crippen LogP contribution is -2.39. The van der Waals surface area contributed by atoms with Gasteiger partial charge in [0.25, 0.3) is 11.5 Å². The van der Waals surface area contributed by atoms with E-state index in [9.17, 15) is 23.2 Å². The molecule has 5 rings (SSSR count). The minimum absolute atomic E-state index is 0.104. The Morgan fingerprint density at radius 1 is 1.05 bits per heavy atom. The number of nitrogens with one attached hydrogen (secondary N) is 2. The van der Waals surface area contributed by atoms with Crippen molar-refractivity contribution in [2.24, 2.45) is 0 Å². The van der Waals surface area contributed by atoms with Gasteiger partial charge in [-0.15, -0.1) is 0 Å². The Hall–Kier alpha value is -4.54. The number of anilines is 2. The molecule has 1 aliphatic rings. The maximum atomic E-state index is 13.7. The largest absolute Gasteiger partial charge is 0.438 e. The second-order valence-corrected chi connectivity index (χ2v) is 9.31. The average Bonchev–Trinajstić information content (AvgIpc) is 3.32. The quantitative estimate of drug-likeness (QED) is 0.398. The lowest BCUT2D eigenvalue weighted by molar-refractivity contribution is 0.0713. The first kappa shape index (κ1) is 25.1. The molecular formula is C27H25F2N5O4. The number of carbonyl (C=O) groups is 1. The van der Waals surface area contributed by atoms with E-state index in [2.05, 4.69) is 20.0 Å². The van der Waals surface area contributed by atoms with Crippen LogP contribution in [-0.4, -0.2) is 38.6 Å². The number of aryl methyl sites for hydroxylation is 1. The summed E-state index contributed by atoms with van der Waals surface area (Å²) in [6, 6.07) is 11.9. The van der Waals surface area contributed by atoms with E-state index in [4.69, 9.17) is 0 Å². The van der Waals surface area contributed by atoms with Crippen LogP contribution in [0.1, 0.15) is 46.1 Å². The second kappa shape index (κ2) is 10.4. The summed E-state index contributed by atoms with van der Waals surface area (Å²) in [5.74, 6) is -1.39. The molecule has 0 bridgehead atoms. The van der Waals surface area contributed by atoms with E-state index in [1.165, 1.54) is 41.1 Å². The first-order valence-corrected chi connectivity index (χ1v) is 12.1. The van der Waals surface area contributed by atoms with Crippen molar-refractivity contribution in [2.75, 3.05) is 18.4 Å². The maximum Gasteiger partial charge on any atom is 0.438 e. The highest BCUT2D eigenvalue weighted by atomic mass is 19.1. The molecule has 2 aromatic carbocycles. The highest BCUT2D eigenvalue weighted by molar-refractivity contribution is 6.00. The van der Waals surface area contributed by atoms with E-state index in [1.807, 2.05) is 0 Å². The summed E-state index contributed by atoms with van der Waals surface area (Å²) in [7, 11) is 0. The van der Waals surface area contributed by atoms with E-state index >= 15 is 0 Å². The maximum absolute atomic E-state index is 13.7. The highest BCUT2D eigenvalue weighted by Gasteiger charge is 2.27. The molecule has 0 aliphatic carbocycles. The van der Waals surface area contributed by atoms with Gasteiger partial charge in [-0.1, -0.05) is 17.3 Å². The first-order valence-electron chi connectivity index (χ1n) is 12.1. The molecule has 1 saturated heterocycles. The molecular weight excluding hydrogens is 496 g/mol. The van der Waals surface area contributed by atoms with Crippen LogP contribution in [0, 0.1) is 18.6 Å². The Kier molecular flexibility index (Phi) is 6.91. The Labute approximate surface area is 215 Å². The predicted molar refractivity (Wildman–Crippen MR) is 136 cm³/mol. The van der Waals surface area contributed by atoms with Crippen LogP contribution in [0.4, 0.5) is 20.2 Å². The molecule has 0 unspecified atom stereocenters. The summed E-state index contributed by atoms with van der Waals surface area (Å²) >= 11 is 0. The monoisotopic (exact) mass is 521 g/mol. The molecule has 38 heavy (non-hydrogen) atoms. The zero-order valence-electron chi connectivity index (χ0n) is 20.5. The van der Waals surface area contributed by atoms with Crippen molar-refractivity contribution in [2.45, 2.75) is 32.2 Å². The summed E-state index contributed by atoms with van der Waals surface area (Å²) in [4.78, 5) is 42.1. The number of piperidine rings is 1. The van der Waals surface area contributed by atoms with Gasteiger partial charge in [0, 0.05) is 31.0 Å². The van der Waals surface area contributed by atoms with Crippen molar-refractivity contribution < 1.29 is 18.1 Å². The Balaban J connectivity index is 1.44. The average molecular weight is 522 g/mol. The molecule has 0 atom stereocenters. The minimum atomic E-state index is -0.751. The number of benzene rings is 2. The molecule has 11 heteroatoms. The van der Waals surface area contributed by atoms with Gasteiger partial charge in [0.2, 0.25) is 0 Å². The lowest BCUT2D eigenvalue weighted by atomic mass is 9.89. The molecule has 1 fully saturated rings. The fourth-order valence-electron chi connectivity index (χ4n) is 4.69. The number of H-pyrrole nitrogens is 1. The Bertz CT molecular complexity index is 1580. The predicted octanol–water partition coefficient (Wildman–Crippen LogP) is 3.92. The van der Waals surface area contributed by atoms with Gasteiger partial charge in [0.15, 0.2) is 5.82 Å². The molecule has 4 aromatic rings. The molecule has 9 nitrogen and oxygen atoms in total. The molecule has 1 amide bonds. The Morgan fingerprint density at radius 2 is 1.76 bits per heavy atom. The summed E-state index contributed by atoms with van der Waals surface area (Å²) in [5, 5.41) is 6.71. The van der Waals surface area contributed by atoms with Crippen molar-refractivity contribution >= 4 is 17.3 Å². The third-order valence-corrected chi connectivity index (χ3v) is 6.74. The van der Waals surface area contributed by atoms with Gasteiger partial charge in [-0.25, -0.2) is 13.6 Å². The number of hydrogen-bond donors (Lipinski definition) is 2. The van der Waals surface area contributed by atoms with Gasteiger partial charge in [0.1, 0.15) is 11.6 Å². The van der Waals surface area contributed by atoms with Crippen LogP contribution < -0.4 is 16.6 Å². The number of pyridine rings is 1. The van der Waals surface area contributed by atoms with Crippen LogP contribution >= 0.6 is 0 Å². The van der Waals surface area contributed by atoms with Crippen molar-refractivity contribution in [3.05, 3.63) is 110 Å². The number of rotatable bonds is 6. The van der Waals surface area contributed by atoms with Crippen LogP contribution in [-0.2, 0) is 6.54 Å². The first-order chi connectivity index (χ1) is 18.3. The van der Waals surface area contributed by atoms with Gasteiger partial charge in [-0.05, 0) is 67.1 Å². The second-order valence-electron chi connectivity index (χ2n) is 9.31. The minimum Gasteiger partial charge on any atom is -0.354 e. The molecule has 196 valence electrons.